The maximum Gasteiger partial charge on any atom is 0.278 e. The van der Waals surface area contributed by atoms with E-state index < -0.39 is 0 Å². The van der Waals surface area contributed by atoms with Crippen molar-refractivity contribution in [3.05, 3.63) is 10.4 Å². The molecule has 1 aromatic heterocycles. The Labute approximate surface area is 98.2 Å². The molecule has 17 heavy (non-hydrogen) atoms. The number of rotatable bonds is 3. The molecule has 0 aromatic carbocycles. The Kier molecular flexibility index (Phi) is 2.99. The van der Waals surface area contributed by atoms with Crippen LogP contribution >= 0.6 is 0 Å². The van der Waals surface area contributed by atoms with E-state index in [2.05, 4.69) is 20.6 Å². The molecule has 7 heteroatoms. The molecule has 2 rings (SSSR count). The SMILES string of the molecule is CCCN1CNc2nc(NC(C)=O)[nH]c(=O)c21. The van der Waals surface area contributed by atoms with E-state index >= 15 is 0 Å². The molecule has 7 nitrogen and oxygen atoms in total. The van der Waals surface area contributed by atoms with Crippen molar-refractivity contribution in [2.45, 2.75) is 20.3 Å². The number of carbonyl (C=O) groups is 1. The number of carbonyl (C=O) groups excluding carboxylic acids is 1. The molecule has 0 saturated carbocycles. The summed E-state index contributed by atoms with van der Waals surface area (Å²) in [6, 6.07) is 0. The summed E-state index contributed by atoms with van der Waals surface area (Å²) in [5.74, 6) is 0.426. The standard InChI is InChI=1S/C10H15N5O2/c1-3-4-15-5-11-8-7(15)9(17)14-10(13-8)12-6(2)16/h3-5H2,1-2H3,(H3,11,12,13,14,16,17). The molecule has 92 valence electrons. The summed E-state index contributed by atoms with van der Waals surface area (Å²) in [5.41, 5.74) is 0.304. The number of amides is 1. The molecule has 0 radical (unpaired) electrons. The molecule has 3 N–H and O–H groups in total. The van der Waals surface area contributed by atoms with Crippen molar-refractivity contribution in [3.8, 4) is 0 Å². The van der Waals surface area contributed by atoms with Gasteiger partial charge in [0.1, 0.15) is 5.69 Å². The lowest BCUT2D eigenvalue weighted by Crippen LogP contribution is -2.28. The third-order valence-electron chi connectivity index (χ3n) is 2.44. The van der Waals surface area contributed by atoms with Gasteiger partial charge in [-0.3, -0.25) is 19.9 Å². The summed E-state index contributed by atoms with van der Waals surface area (Å²) in [5, 5.41) is 5.49. The molecule has 0 fully saturated rings. The van der Waals surface area contributed by atoms with Crippen molar-refractivity contribution in [2.24, 2.45) is 0 Å². The largest absolute Gasteiger partial charge is 0.351 e. The minimum Gasteiger partial charge on any atom is -0.351 e. The van der Waals surface area contributed by atoms with Gasteiger partial charge in [0.15, 0.2) is 5.82 Å². The topological polar surface area (TPSA) is 90.1 Å². The molecule has 2 heterocycles. The summed E-state index contributed by atoms with van der Waals surface area (Å²) in [7, 11) is 0. The third kappa shape index (κ3) is 2.22. The Bertz CT molecular complexity index is 496. The Morgan fingerprint density at radius 1 is 1.59 bits per heavy atom. The van der Waals surface area contributed by atoms with Gasteiger partial charge in [-0.05, 0) is 6.42 Å². The van der Waals surface area contributed by atoms with Crippen molar-refractivity contribution in [3.63, 3.8) is 0 Å². The van der Waals surface area contributed by atoms with Crippen LogP contribution in [0.25, 0.3) is 0 Å². The monoisotopic (exact) mass is 237 g/mol. The first-order valence-corrected chi connectivity index (χ1v) is 5.52. The van der Waals surface area contributed by atoms with Crippen LogP contribution in [0.2, 0.25) is 0 Å². The number of fused-ring (bicyclic) bond motifs is 1. The van der Waals surface area contributed by atoms with Gasteiger partial charge >= 0.3 is 0 Å². The van der Waals surface area contributed by atoms with Gasteiger partial charge in [0, 0.05) is 13.5 Å². The lowest BCUT2D eigenvalue weighted by atomic mass is 10.4. The maximum atomic E-state index is 11.9. The minimum absolute atomic E-state index is 0.173. The number of hydrogen-bond donors (Lipinski definition) is 3. The van der Waals surface area contributed by atoms with Crippen LogP contribution in [0.1, 0.15) is 20.3 Å². The van der Waals surface area contributed by atoms with Crippen molar-refractivity contribution < 1.29 is 4.79 Å². The summed E-state index contributed by atoms with van der Waals surface area (Å²) in [6.07, 6.45) is 0.952. The van der Waals surface area contributed by atoms with E-state index in [1.165, 1.54) is 6.92 Å². The number of nitrogens with zero attached hydrogens (tertiary/aromatic N) is 2. The first-order valence-electron chi connectivity index (χ1n) is 5.52. The molecule has 0 saturated heterocycles. The summed E-state index contributed by atoms with van der Waals surface area (Å²) in [4.78, 5) is 31.4. The van der Waals surface area contributed by atoms with Gasteiger partial charge in [0.2, 0.25) is 11.9 Å². The maximum absolute atomic E-state index is 11.9. The van der Waals surface area contributed by atoms with Gasteiger partial charge in [0.25, 0.3) is 5.56 Å². The summed E-state index contributed by atoms with van der Waals surface area (Å²) in [6.45, 7) is 4.78. The van der Waals surface area contributed by atoms with Gasteiger partial charge in [0.05, 0.1) is 6.67 Å². The molecular formula is C10H15N5O2. The number of aromatic nitrogens is 2. The zero-order valence-electron chi connectivity index (χ0n) is 9.83. The van der Waals surface area contributed by atoms with Crippen LogP contribution in [-0.4, -0.2) is 29.1 Å². The highest BCUT2D eigenvalue weighted by molar-refractivity contribution is 5.87. The zero-order chi connectivity index (χ0) is 12.4. The highest BCUT2D eigenvalue weighted by atomic mass is 16.2. The highest BCUT2D eigenvalue weighted by Crippen LogP contribution is 2.25. The number of nitrogens with one attached hydrogen (secondary N) is 3. The third-order valence-corrected chi connectivity index (χ3v) is 2.44. The van der Waals surface area contributed by atoms with Gasteiger partial charge in [-0.25, -0.2) is 0 Å². The number of aromatic amines is 1. The summed E-state index contributed by atoms with van der Waals surface area (Å²) < 4.78 is 0. The van der Waals surface area contributed by atoms with E-state index in [4.69, 9.17) is 0 Å². The Morgan fingerprint density at radius 2 is 2.35 bits per heavy atom. The predicted octanol–water partition coefficient (Wildman–Crippen LogP) is 0.328. The Balaban J connectivity index is 2.34. The molecule has 0 spiro atoms. The first kappa shape index (κ1) is 11.4. The molecule has 1 aliphatic heterocycles. The first-order chi connectivity index (χ1) is 8.11. The second-order valence-corrected chi connectivity index (χ2v) is 3.89. The average molecular weight is 237 g/mol. The Morgan fingerprint density at radius 3 is 3.00 bits per heavy atom. The van der Waals surface area contributed by atoms with Gasteiger partial charge in [-0.1, -0.05) is 6.92 Å². The molecular weight excluding hydrogens is 222 g/mol. The summed E-state index contributed by atoms with van der Waals surface area (Å²) >= 11 is 0. The highest BCUT2D eigenvalue weighted by Gasteiger charge is 2.23. The van der Waals surface area contributed by atoms with Gasteiger partial charge in [-0.15, -0.1) is 0 Å². The lowest BCUT2D eigenvalue weighted by Gasteiger charge is -2.14. The van der Waals surface area contributed by atoms with Crippen molar-refractivity contribution in [1.82, 2.24) is 9.97 Å². The average Bonchev–Trinajstić information content (AvgIpc) is 2.61. The smallest absolute Gasteiger partial charge is 0.278 e. The number of H-pyrrole nitrogens is 1. The van der Waals surface area contributed by atoms with Crippen molar-refractivity contribution >= 4 is 23.4 Å². The Hall–Kier alpha value is -2.05. The fourth-order valence-electron chi connectivity index (χ4n) is 1.82. The molecule has 1 aliphatic rings. The number of hydrogen-bond acceptors (Lipinski definition) is 5. The molecule has 0 unspecified atom stereocenters. The van der Waals surface area contributed by atoms with Crippen molar-refractivity contribution in [1.29, 1.82) is 0 Å². The van der Waals surface area contributed by atoms with Crippen LogP contribution in [0.5, 0.6) is 0 Å². The lowest BCUT2D eigenvalue weighted by molar-refractivity contribution is -0.114. The van der Waals surface area contributed by atoms with Crippen LogP contribution in [-0.2, 0) is 4.79 Å². The quantitative estimate of drug-likeness (QED) is 0.704. The van der Waals surface area contributed by atoms with Crippen LogP contribution < -0.4 is 21.1 Å². The molecule has 0 atom stereocenters. The van der Waals surface area contributed by atoms with Crippen LogP contribution in [0.15, 0.2) is 4.79 Å². The second-order valence-electron chi connectivity index (χ2n) is 3.89. The van der Waals surface area contributed by atoms with E-state index in [1.54, 1.807) is 0 Å². The fraction of sp³-hybridized carbons (Fsp3) is 0.500. The molecule has 1 aromatic rings. The van der Waals surface area contributed by atoms with E-state index in [0.29, 0.717) is 18.2 Å². The molecule has 0 aliphatic carbocycles. The molecule has 1 amide bonds. The predicted molar refractivity (Wildman–Crippen MR) is 65.3 cm³/mol. The fourth-order valence-corrected chi connectivity index (χ4v) is 1.82. The number of anilines is 3. The van der Waals surface area contributed by atoms with Crippen LogP contribution in [0.4, 0.5) is 17.5 Å². The van der Waals surface area contributed by atoms with Gasteiger partial charge < -0.3 is 10.2 Å². The normalized spacial score (nSPS) is 13.2. The van der Waals surface area contributed by atoms with Crippen LogP contribution in [0, 0.1) is 0 Å². The van der Waals surface area contributed by atoms with Crippen molar-refractivity contribution in [2.75, 3.05) is 28.7 Å². The van der Waals surface area contributed by atoms with Gasteiger partial charge in [-0.2, -0.15) is 4.98 Å². The van der Waals surface area contributed by atoms with E-state index in [9.17, 15) is 9.59 Å². The molecule has 0 bridgehead atoms. The second kappa shape index (κ2) is 4.44. The van der Waals surface area contributed by atoms with E-state index in [1.807, 2.05) is 11.8 Å². The van der Waals surface area contributed by atoms with E-state index in [0.717, 1.165) is 13.0 Å². The van der Waals surface area contributed by atoms with E-state index in [-0.39, 0.29) is 17.4 Å². The minimum atomic E-state index is -0.267. The zero-order valence-corrected chi connectivity index (χ0v) is 9.83. The van der Waals surface area contributed by atoms with Crippen LogP contribution in [0.3, 0.4) is 0 Å².